The van der Waals surface area contributed by atoms with Crippen LogP contribution in [0.5, 0.6) is 0 Å². The molecular weight excluding hydrogens is 555 g/mol. The zero-order valence-corrected chi connectivity index (χ0v) is 23.5. The minimum atomic E-state index is -4.63. The Bertz CT molecular complexity index is 1490. The van der Waals surface area contributed by atoms with Gasteiger partial charge in [0.05, 0.1) is 12.1 Å². The molecule has 6 rings (SSSR count). The first-order valence-electron chi connectivity index (χ1n) is 14.2. The van der Waals surface area contributed by atoms with Gasteiger partial charge in [0.2, 0.25) is 5.92 Å². The number of halogens is 5. The minimum Gasteiger partial charge on any atom is -0.321 e. The largest absolute Gasteiger partial charge is 0.416 e. The van der Waals surface area contributed by atoms with Gasteiger partial charge in [-0.25, -0.2) is 8.78 Å². The number of fused-ring (bicyclic) bond motifs is 1. The molecular formula is C30H33F5N6O. The fourth-order valence-electron chi connectivity index (χ4n) is 6.73. The number of nitrogens with one attached hydrogen (secondary N) is 1. The van der Waals surface area contributed by atoms with Crippen molar-refractivity contribution in [1.29, 1.82) is 0 Å². The molecule has 224 valence electrons. The van der Waals surface area contributed by atoms with E-state index in [1.54, 1.807) is 41.9 Å². The van der Waals surface area contributed by atoms with Gasteiger partial charge in [-0.2, -0.15) is 13.2 Å². The molecule has 12 heteroatoms. The number of amides is 1. The lowest BCUT2D eigenvalue weighted by Crippen LogP contribution is -2.51. The summed E-state index contributed by atoms with van der Waals surface area (Å²) in [4.78, 5) is 17.1. The lowest BCUT2D eigenvalue weighted by Gasteiger charge is -2.48. The first kappa shape index (κ1) is 28.7. The van der Waals surface area contributed by atoms with E-state index in [1.807, 2.05) is 0 Å². The summed E-state index contributed by atoms with van der Waals surface area (Å²) < 4.78 is 73.1. The monoisotopic (exact) mass is 588 g/mol. The third kappa shape index (κ3) is 5.30. The number of carbonyl (C=O) groups excluding carboxylic acids is 1. The van der Waals surface area contributed by atoms with E-state index in [2.05, 4.69) is 27.3 Å². The number of piperazine rings is 1. The number of benzene rings is 2. The summed E-state index contributed by atoms with van der Waals surface area (Å²) in [5.74, 6) is -2.81. The van der Waals surface area contributed by atoms with E-state index in [0.29, 0.717) is 35.7 Å². The van der Waals surface area contributed by atoms with Crippen molar-refractivity contribution in [2.75, 3.05) is 24.5 Å². The maximum atomic E-state index is 14.3. The van der Waals surface area contributed by atoms with Crippen LogP contribution in [0, 0.1) is 0 Å². The van der Waals surface area contributed by atoms with Gasteiger partial charge in [-0.1, -0.05) is 19.1 Å². The molecule has 2 aliphatic heterocycles. The molecule has 0 radical (unpaired) electrons. The molecule has 3 aliphatic rings. The molecule has 0 spiro atoms. The molecule has 1 N–H and O–H groups in total. The molecule has 0 unspecified atom stereocenters. The van der Waals surface area contributed by atoms with Gasteiger partial charge >= 0.3 is 6.18 Å². The molecule has 2 aromatic carbocycles. The first-order valence-corrected chi connectivity index (χ1v) is 14.2. The molecule has 2 fully saturated rings. The van der Waals surface area contributed by atoms with Gasteiger partial charge in [-0.3, -0.25) is 9.69 Å². The van der Waals surface area contributed by atoms with Crippen LogP contribution >= 0.6 is 0 Å². The Morgan fingerprint density at radius 1 is 1.14 bits per heavy atom. The summed E-state index contributed by atoms with van der Waals surface area (Å²) >= 11 is 0. The van der Waals surface area contributed by atoms with Crippen LogP contribution in [0.3, 0.4) is 0 Å². The standard InChI is InChI=1S/C30H33F5N6O/c1-3-21-14-40(8-7-36-21)13-19-9-23-24(25(10-19)30(33,34)35)15-41(27(23)42)22-6-4-5-20(11-22)28(16-29(31,32)17-28)12-26-38-37-18-39(26)2/h4-6,9-11,18,21,36H,3,7-8,12-17H2,1-2H3/t21-/m0/s1. The van der Waals surface area contributed by atoms with Crippen molar-refractivity contribution in [2.24, 2.45) is 7.05 Å². The van der Waals surface area contributed by atoms with Gasteiger partial charge in [-0.05, 0) is 47.4 Å². The highest BCUT2D eigenvalue weighted by Gasteiger charge is 2.57. The van der Waals surface area contributed by atoms with E-state index < -0.39 is 41.8 Å². The van der Waals surface area contributed by atoms with Crippen molar-refractivity contribution in [3.8, 4) is 0 Å². The van der Waals surface area contributed by atoms with Crippen LogP contribution < -0.4 is 10.2 Å². The zero-order chi connectivity index (χ0) is 29.9. The van der Waals surface area contributed by atoms with Crippen LogP contribution in [0.4, 0.5) is 27.6 Å². The number of aromatic nitrogens is 3. The third-order valence-electron chi connectivity index (χ3n) is 8.91. The number of rotatable bonds is 7. The van der Waals surface area contributed by atoms with Crippen LogP contribution in [-0.2, 0) is 38.1 Å². The Labute approximate surface area is 240 Å². The minimum absolute atomic E-state index is 0.0383. The molecule has 1 aromatic heterocycles. The summed E-state index contributed by atoms with van der Waals surface area (Å²) in [5, 5.41) is 11.3. The number of anilines is 1. The molecule has 3 heterocycles. The van der Waals surface area contributed by atoms with Gasteiger partial charge in [0.25, 0.3) is 5.91 Å². The second-order valence-corrected chi connectivity index (χ2v) is 11.9. The van der Waals surface area contributed by atoms with Crippen LogP contribution in [0.15, 0.2) is 42.7 Å². The fourth-order valence-corrected chi connectivity index (χ4v) is 6.73. The van der Waals surface area contributed by atoms with Crippen LogP contribution in [0.25, 0.3) is 0 Å². The van der Waals surface area contributed by atoms with Gasteiger partial charge < -0.3 is 14.8 Å². The molecule has 1 saturated heterocycles. The van der Waals surface area contributed by atoms with Gasteiger partial charge in [0, 0.05) is 75.2 Å². The topological polar surface area (TPSA) is 66.3 Å². The Morgan fingerprint density at radius 3 is 2.60 bits per heavy atom. The van der Waals surface area contributed by atoms with Gasteiger partial charge in [0.1, 0.15) is 12.2 Å². The van der Waals surface area contributed by atoms with E-state index in [-0.39, 0.29) is 30.1 Å². The maximum absolute atomic E-state index is 14.3. The second-order valence-electron chi connectivity index (χ2n) is 11.9. The smallest absolute Gasteiger partial charge is 0.321 e. The van der Waals surface area contributed by atoms with Crippen LogP contribution in [-0.4, -0.2) is 57.2 Å². The van der Waals surface area contributed by atoms with Crippen molar-refractivity contribution in [1.82, 2.24) is 25.0 Å². The van der Waals surface area contributed by atoms with E-state index in [9.17, 15) is 26.7 Å². The normalized spacial score (nSPS) is 21.8. The highest BCUT2D eigenvalue weighted by Crippen LogP contribution is 2.55. The summed E-state index contributed by atoms with van der Waals surface area (Å²) in [6.45, 7) is 4.31. The van der Waals surface area contributed by atoms with E-state index in [0.717, 1.165) is 19.5 Å². The fraction of sp³-hybridized carbons (Fsp3) is 0.500. The van der Waals surface area contributed by atoms with Crippen molar-refractivity contribution in [3.05, 3.63) is 76.4 Å². The van der Waals surface area contributed by atoms with Crippen molar-refractivity contribution < 1.29 is 26.7 Å². The van der Waals surface area contributed by atoms with Crippen LogP contribution in [0.2, 0.25) is 0 Å². The Kier molecular flexibility index (Phi) is 7.12. The lowest BCUT2D eigenvalue weighted by molar-refractivity contribution is -0.138. The number of hydrogen-bond donors (Lipinski definition) is 1. The number of aryl methyl sites for hydroxylation is 1. The molecule has 42 heavy (non-hydrogen) atoms. The number of nitrogens with zero attached hydrogens (tertiary/aromatic N) is 5. The zero-order valence-electron chi connectivity index (χ0n) is 23.5. The van der Waals surface area contributed by atoms with Gasteiger partial charge in [-0.15, -0.1) is 10.2 Å². The SMILES string of the molecule is CC[C@H]1CN(Cc2cc3c(c(C(F)(F)F)c2)CN(c2cccc(C4(Cc5nncn5C)CC(F)(F)C4)c2)C3=O)CCN1. The Balaban J connectivity index is 1.31. The average molecular weight is 589 g/mol. The lowest BCUT2D eigenvalue weighted by atomic mass is 9.60. The number of alkyl halides is 5. The molecule has 3 aromatic rings. The highest BCUT2D eigenvalue weighted by molar-refractivity contribution is 6.10. The van der Waals surface area contributed by atoms with Gasteiger partial charge in [0.15, 0.2) is 0 Å². The molecule has 1 aliphatic carbocycles. The molecule has 0 bridgehead atoms. The number of carbonyl (C=O) groups is 1. The predicted molar refractivity (Wildman–Crippen MR) is 146 cm³/mol. The summed E-state index contributed by atoms with van der Waals surface area (Å²) in [6.07, 6.45) is -2.77. The Hall–Kier alpha value is -3.38. The van der Waals surface area contributed by atoms with Crippen LogP contribution in [0.1, 0.15) is 64.6 Å². The maximum Gasteiger partial charge on any atom is 0.416 e. The van der Waals surface area contributed by atoms with E-state index in [4.69, 9.17) is 0 Å². The summed E-state index contributed by atoms with van der Waals surface area (Å²) in [5.41, 5.74) is -0.335. The first-order chi connectivity index (χ1) is 19.9. The summed E-state index contributed by atoms with van der Waals surface area (Å²) in [7, 11) is 1.74. The van der Waals surface area contributed by atoms with E-state index >= 15 is 0 Å². The summed E-state index contributed by atoms with van der Waals surface area (Å²) in [6, 6.07) is 9.73. The molecule has 1 atom stereocenters. The average Bonchev–Trinajstić information content (AvgIpc) is 3.48. The van der Waals surface area contributed by atoms with Crippen molar-refractivity contribution in [2.45, 2.75) is 69.3 Å². The van der Waals surface area contributed by atoms with Crippen molar-refractivity contribution in [3.63, 3.8) is 0 Å². The highest BCUT2D eigenvalue weighted by atomic mass is 19.4. The quantitative estimate of drug-likeness (QED) is 0.390. The third-order valence-corrected chi connectivity index (χ3v) is 8.91. The van der Waals surface area contributed by atoms with Crippen molar-refractivity contribution >= 4 is 11.6 Å². The predicted octanol–water partition coefficient (Wildman–Crippen LogP) is 5.09. The molecule has 1 saturated carbocycles. The second kappa shape index (κ2) is 10.4. The Morgan fingerprint density at radius 2 is 1.93 bits per heavy atom. The number of hydrogen-bond acceptors (Lipinski definition) is 5. The molecule has 7 nitrogen and oxygen atoms in total. The van der Waals surface area contributed by atoms with E-state index in [1.165, 1.54) is 17.3 Å². The molecule has 1 amide bonds.